The number of carbonyl (C=O) groups is 1. The van der Waals surface area contributed by atoms with E-state index < -0.39 is 16.1 Å². The Morgan fingerprint density at radius 2 is 2.12 bits per heavy atom. The third-order valence-electron chi connectivity index (χ3n) is 2.00. The molecule has 0 aliphatic carbocycles. The quantitative estimate of drug-likeness (QED) is 0.510. The molecule has 0 aromatic heterocycles. The molecule has 0 saturated carbocycles. The summed E-state index contributed by atoms with van der Waals surface area (Å²) < 4.78 is 24.9. The highest BCUT2D eigenvalue weighted by molar-refractivity contribution is 7.98. The molecule has 17 heavy (non-hydrogen) atoms. The molecule has 0 radical (unpaired) electrons. The van der Waals surface area contributed by atoms with Crippen LogP contribution < -0.4 is 15.8 Å². The number of thioether (sulfide) groups is 1. The topological polar surface area (TPSA) is 101 Å². The van der Waals surface area contributed by atoms with Gasteiger partial charge in [-0.25, -0.2) is 13.1 Å². The van der Waals surface area contributed by atoms with Crippen molar-refractivity contribution in [3.63, 3.8) is 0 Å². The maximum atomic E-state index is 11.4. The number of carbonyl (C=O) groups excluding carboxylic acids is 1. The van der Waals surface area contributed by atoms with Crippen LogP contribution >= 0.6 is 11.8 Å². The van der Waals surface area contributed by atoms with Gasteiger partial charge in [-0.3, -0.25) is 4.79 Å². The molecule has 0 fully saturated rings. The van der Waals surface area contributed by atoms with Crippen LogP contribution in [0.3, 0.4) is 0 Å². The zero-order chi connectivity index (χ0) is 13.3. The monoisotopic (exact) mass is 283 g/mol. The van der Waals surface area contributed by atoms with E-state index in [-0.39, 0.29) is 18.2 Å². The molecular weight excluding hydrogens is 262 g/mol. The van der Waals surface area contributed by atoms with E-state index >= 15 is 0 Å². The van der Waals surface area contributed by atoms with Crippen molar-refractivity contribution < 1.29 is 13.2 Å². The summed E-state index contributed by atoms with van der Waals surface area (Å²) >= 11 is 1.62. The maximum Gasteiger partial charge on any atom is 0.236 e. The van der Waals surface area contributed by atoms with Crippen molar-refractivity contribution >= 4 is 27.7 Å². The van der Waals surface area contributed by atoms with Crippen LogP contribution in [-0.4, -0.2) is 51.2 Å². The lowest BCUT2D eigenvalue weighted by Gasteiger charge is -2.11. The SMILES string of the molecule is CCNS(=O)(=O)CCNC(=O)[C@H](N)CCSC. The second-order valence-electron chi connectivity index (χ2n) is 3.50. The van der Waals surface area contributed by atoms with Crippen LogP contribution in [0.1, 0.15) is 13.3 Å². The van der Waals surface area contributed by atoms with Crippen molar-refractivity contribution in [3.05, 3.63) is 0 Å². The third kappa shape index (κ3) is 8.42. The van der Waals surface area contributed by atoms with Gasteiger partial charge in [-0.15, -0.1) is 0 Å². The van der Waals surface area contributed by atoms with Crippen molar-refractivity contribution in [1.82, 2.24) is 10.0 Å². The largest absolute Gasteiger partial charge is 0.354 e. The minimum Gasteiger partial charge on any atom is -0.354 e. The third-order valence-corrected chi connectivity index (χ3v) is 4.12. The molecule has 0 spiro atoms. The molecule has 0 aromatic carbocycles. The van der Waals surface area contributed by atoms with Crippen LogP contribution in [0, 0.1) is 0 Å². The first-order chi connectivity index (χ1) is 7.93. The number of amides is 1. The van der Waals surface area contributed by atoms with E-state index in [1.54, 1.807) is 18.7 Å². The summed E-state index contributed by atoms with van der Waals surface area (Å²) in [5.41, 5.74) is 5.62. The summed E-state index contributed by atoms with van der Waals surface area (Å²) in [4.78, 5) is 11.4. The summed E-state index contributed by atoms with van der Waals surface area (Å²) in [5.74, 6) is 0.386. The number of nitrogens with two attached hydrogens (primary N) is 1. The van der Waals surface area contributed by atoms with E-state index in [9.17, 15) is 13.2 Å². The van der Waals surface area contributed by atoms with Gasteiger partial charge >= 0.3 is 0 Å². The molecule has 102 valence electrons. The Kier molecular flexibility index (Phi) is 8.57. The van der Waals surface area contributed by atoms with E-state index in [0.717, 1.165) is 5.75 Å². The van der Waals surface area contributed by atoms with Crippen LogP contribution in [0.2, 0.25) is 0 Å². The average molecular weight is 283 g/mol. The normalized spacial score (nSPS) is 13.4. The molecule has 6 nitrogen and oxygen atoms in total. The summed E-state index contributed by atoms with van der Waals surface area (Å²) in [6.07, 6.45) is 2.53. The number of rotatable bonds is 9. The second kappa shape index (κ2) is 8.73. The van der Waals surface area contributed by atoms with Crippen molar-refractivity contribution in [1.29, 1.82) is 0 Å². The first-order valence-electron chi connectivity index (χ1n) is 5.42. The van der Waals surface area contributed by atoms with Crippen molar-refractivity contribution in [2.45, 2.75) is 19.4 Å². The minimum atomic E-state index is -3.28. The van der Waals surface area contributed by atoms with E-state index in [0.29, 0.717) is 13.0 Å². The molecule has 1 atom stereocenters. The molecule has 0 rings (SSSR count). The Labute approximate surface area is 107 Å². The number of hydrogen-bond donors (Lipinski definition) is 3. The van der Waals surface area contributed by atoms with Gasteiger partial charge in [0, 0.05) is 13.1 Å². The van der Waals surface area contributed by atoms with Gasteiger partial charge in [-0.1, -0.05) is 6.92 Å². The predicted molar refractivity (Wildman–Crippen MR) is 71.4 cm³/mol. The van der Waals surface area contributed by atoms with E-state index in [1.807, 2.05) is 6.26 Å². The molecule has 4 N–H and O–H groups in total. The number of hydrogen-bond acceptors (Lipinski definition) is 5. The number of sulfonamides is 1. The van der Waals surface area contributed by atoms with Crippen molar-refractivity contribution in [2.75, 3.05) is 30.9 Å². The lowest BCUT2D eigenvalue weighted by molar-refractivity contribution is -0.122. The highest BCUT2D eigenvalue weighted by atomic mass is 32.2. The zero-order valence-corrected chi connectivity index (χ0v) is 11.9. The number of nitrogens with one attached hydrogen (secondary N) is 2. The first-order valence-corrected chi connectivity index (χ1v) is 8.47. The fraction of sp³-hybridized carbons (Fsp3) is 0.889. The Bertz CT molecular complexity index is 319. The molecule has 0 heterocycles. The fourth-order valence-corrected chi connectivity index (χ4v) is 2.55. The Morgan fingerprint density at radius 1 is 1.47 bits per heavy atom. The average Bonchev–Trinajstić information content (AvgIpc) is 2.25. The van der Waals surface area contributed by atoms with E-state index in [4.69, 9.17) is 5.73 Å². The van der Waals surface area contributed by atoms with Gasteiger partial charge in [-0.2, -0.15) is 11.8 Å². The second-order valence-corrected chi connectivity index (χ2v) is 6.41. The van der Waals surface area contributed by atoms with Gasteiger partial charge < -0.3 is 11.1 Å². The van der Waals surface area contributed by atoms with Crippen LogP contribution in [0.4, 0.5) is 0 Å². The highest BCUT2D eigenvalue weighted by Gasteiger charge is 2.14. The smallest absolute Gasteiger partial charge is 0.236 e. The molecule has 1 amide bonds. The van der Waals surface area contributed by atoms with Gasteiger partial charge in [0.25, 0.3) is 0 Å². The first kappa shape index (κ1) is 16.7. The predicted octanol–water partition coefficient (Wildman–Crippen LogP) is -0.878. The lowest BCUT2D eigenvalue weighted by atomic mass is 10.2. The highest BCUT2D eigenvalue weighted by Crippen LogP contribution is 1.98. The maximum absolute atomic E-state index is 11.4. The Balaban J connectivity index is 3.85. The van der Waals surface area contributed by atoms with Gasteiger partial charge in [0.15, 0.2) is 0 Å². The summed E-state index contributed by atoms with van der Waals surface area (Å²) in [7, 11) is -3.28. The summed E-state index contributed by atoms with van der Waals surface area (Å²) in [5, 5.41) is 2.51. The molecule has 0 aliphatic heterocycles. The standard InChI is InChI=1S/C9H21N3O3S2/c1-3-12-17(14,15)7-5-11-9(13)8(10)4-6-16-2/h8,12H,3-7,10H2,1-2H3,(H,11,13)/t8-/m1/s1. The van der Waals surface area contributed by atoms with Gasteiger partial charge in [0.05, 0.1) is 11.8 Å². The van der Waals surface area contributed by atoms with Crippen LogP contribution in [0.25, 0.3) is 0 Å². The van der Waals surface area contributed by atoms with Gasteiger partial charge in [-0.05, 0) is 18.4 Å². The minimum absolute atomic E-state index is 0.0845. The fourth-order valence-electron chi connectivity index (χ4n) is 1.11. The molecule has 0 aliphatic rings. The zero-order valence-electron chi connectivity index (χ0n) is 10.2. The Hall–Kier alpha value is -0.310. The van der Waals surface area contributed by atoms with Crippen molar-refractivity contribution in [2.24, 2.45) is 5.73 Å². The molecule has 8 heteroatoms. The molecule has 0 saturated heterocycles. The van der Waals surface area contributed by atoms with Crippen LogP contribution in [0.15, 0.2) is 0 Å². The molecular formula is C9H21N3O3S2. The lowest BCUT2D eigenvalue weighted by Crippen LogP contribution is -2.43. The Morgan fingerprint density at radius 3 is 2.65 bits per heavy atom. The van der Waals surface area contributed by atoms with Gasteiger partial charge in [0.1, 0.15) is 0 Å². The summed E-state index contributed by atoms with van der Waals surface area (Å²) in [6, 6.07) is -0.565. The van der Waals surface area contributed by atoms with E-state index in [2.05, 4.69) is 10.0 Å². The molecule has 0 bridgehead atoms. The van der Waals surface area contributed by atoms with E-state index in [1.165, 1.54) is 0 Å². The van der Waals surface area contributed by atoms with Crippen LogP contribution in [-0.2, 0) is 14.8 Å². The molecule has 0 unspecified atom stereocenters. The van der Waals surface area contributed by atoms with Crippen LogP contribution in [0.5, 0.6) is 0 Å². The van der Waals surface area contributed by atoms with Gasteiger partial charge in [0.2, 0.25) is 15.9 Å². The summed E-state index contributed by atoms with van der Waals surface area (Å²) in [6.45, 7) is 2.14. The molecule has 0 aromatic rings. The van der Waals surface area contributed by atoms with Crippen molar-refractivity contribution in [3.8, 4) is 0 Å².